The summed E-state index contributed by atoms with van der Waals surface area (Å²) < 4.78 is 1.57. The Hall–Kier alpha value is -5.51. The number of nitrogens with zero attached hydrogens (tertiary/aromatic N) is 5. The zero-order valence-electron chi connectivity index (χ0n) is 25.9. The summed E-state index contributed by atoms with van der Waals surface area (Å²) in [4.78, 5) is 52.2. The van der Waals surface area contributed by atoms with Crippen LogP contribution in [0.4, 0.5) is 11.6 Å². The molecule has 2 saturated carbocycles. The number of amides is 3. The van der Waals surface area contributed by atoms with E-state index in [4.69, 9.17) is 34.3 Å². The molecule has 0 radical (unpaired) electrons. The standard InChI is InChI=1S/C35H29Cl2N9O3/c36-24-13-25(37)15-26(14-24)45-31(48)27(11-20-1-3-21(16-38)4-2-20)46-28(19-42-33(45)46)30(47)43-35(8-9-35)32(49)44-34(6-7-34)29-12-22(5-10-41-29)23(17-39)18-40/h1-5,10,12-15,17-19,27,39H,6-9,11,40H2,(H,43,47)(H,44,49)/b23-18+,39-17?. The van der Waals surface area contributed by atoms with E-state index in [1.165, 1.54) is 17.3 Å². The van der Waals surface area contributed by atoms with Crippen LogP contribution < -0.4 is 21.3 Å². The number of aromatic nitrogens is 3. The zero-order valence-corrected chi connectivity index (χ0v) is 27.4. The highest BCUT2D eigenvalue weighted by molar-refractivity contribution is 6.35. The first-order chi connectivity index (χ1) is 23.6. The number of pyridine rings is 1. The second-order valence-corrected chi connectivity index (χ2v) is 13.3. The summed E-state index contributed by atoms with van der Waals surface area (Å²) >= 11 is 12.6. The minimum atomic E-state index is -1.14. The highest BCUT2D eigenvalue weighted by atomic mass is 35.5. The van der Waals surface area contributed by atoms with Crippen LogP contribution in [0.15, 0.2) is 73.2 Å². The number of anilines is 2. The van der Waals surface area contributed by atoms with Crippen molar-refractivity contribution in [2.75, 3.05) is 4.90 Å². The summed E-state index contributed by atoms with van der Waals surface area (Å²) in [6.45, 7) is 0. The van der Waals surface area contributed by atoms with E-state index in [0.717, 1.165) is 11.8 Å². The SMILES string of the molecule is N#Cc1ccc(CC2C(=O)N(c3cc(Cl)cc(Cl)c3)c3ncc(C(=O)NC4(C(=O)NC5(c6cc(/C(C=N)=C/N)ccn6)CC5)CC4)n32)cc1. The van der Waals surface area contributed by atoms with Gasteiger partial charge in [-0.1, -0.05) is 35.3 Å². The zero-order chi connectivity index (χ0) is 34.5. The number of benzene rings is 2. The molecule has 3 aliphatic rings. The summed E-state index contributed by atoms with van der Waals surface area (Å²) in [5.41, 5.74) is 7.50. The Bertz CT molecular complexity index is 2090. The molecule has 0 saturated heterocycles. The average Bonchev–Trinajstić information content (AvgIpc) is 3.99. The lowest BCUT2D eigenvalue weighted by molar-refractivity contribution is -0.125. The molecule has 2 fully saturated rings. The van der Waals surface area contributed by atoms with E-state index in [1.807, 2.05) is 6.07 Å². The molecule has 4 aromatic rings. The minimum absolute atomic E-state index is 0.111. The first kappa shape index (κ1) is 32.1. The van der Waals surface area contributed by atoms with Gasteiger partial charge in [-0.3, -0.25) is 23.9 Å². The molecule has 3 heterocycles. The predicted octanol–water partition coefficient (Wildman–Crippen LogP) is 4.94. The van der Waals surface area contributed by atoms with E-state index in [0.29, 0.717) is 63.8 Å². The van der Waals surface area contributed by atoms with E-state index < -0.39 is 23.0 Å². The van der Waals surface area contributed by atoms with Crippen LogP contribution in [0.25, 0.3) is 5.57 Å². The van der Waals surface area contributed by atoms with Crippen LogP contribution >= 0.6 is 23.2 Å². The fraction of sp³-hybridized carbons (Fsp3) is 0.229. The average molecular weight is 695 g/mol. The van der Waals surface area contributed by atoms with Crippen LogP contribution in [0.3, 0.4) is 0 Å². The third kappa shape index (κ3) is 5.81. The molecule has 5 N–H and O–H groups in total. The van der Waals surface area contributed by atoms with Crippen molar-refractivity contribution in [1.29, 1.82) is 10.7 Å². The molecule has 0 bridgehead atoms. The molecule has 49 heavy (non-hydrogen) atoms. The molecule has 12 nitrogen and oxygen atoms in total. The second kappa shape index (κ2) is 12.2. The number of carbonyl (C=O) groups is 3. The first-order valence-corrected chi connectivity index (χ1v) is 16.3. The topological polar surface area (TPSA) is 183 Å². The summed E-state index contributed by atoms with van der Waals surface area (Å²) in [7, 11) is 0. The summed E-state index contributed by atoms with van der Waals surface area (Å²) in [5, 5.41) is 23.6. The molecule has 7 rings (SSSR count). The number of nitriles is 1. The maximum atomic E-state index is 14.1. The normalized spacial score (nSPS) is 18.3. The van der Waals surface area contributed by atoms with Gasteiger partial charge in [-0.15, -0.1) is 0 Å². The van der Waals surface area contributed by atoms with E-state index >= 15 is 0 Å². The number of carbonyl (C=O) groups excluding carboxylic acids is 3. The number of nitrogens with two attached hydrogens (primary N) is 1. The van der Waals surface area contributed by atoms with Crippen molar-refractivity contribution in [2.24, 2.45) is 5.73 Å². The Morgan fingerprint density at radius 2 is 1.76 bits per heavy atom. The van der Waals surface area contributed by atoms with Gasteiger partial charge >= 0.3 is 0 Å². The molecule has 1 aliphatic heterocycles. The van der Waals surface area contributed by atoms with Gasteiger partial charge in [-0.05, 0) is 79.3 Å². The lowest BCUT2D eigenvalue weighted by atomic mass is 10.0. The fourth-order valence-electron chi connectivity index (χ4n) is 6.20. The number of rotatable bonds is 10. The lowest BCUT2D eigenvalue weighted by Gasteiger charge is -2.23. The second-order valence-electron chi connectivity index (χ2n) is 12.4. The summed E-state index contributed by atoms with van der Waals surface area (Å²) in [5.74, 6) is -1.02. The van der Waals surface area contributed by atoms with Crippen LogP contribution in [-0.2, 0) is 21.5 Å². The van der Waals surface area contributed by atoms with Gasteiger partial charge in [0.25, 0.3) is 11.8 Å². The van der Waals surface area contributed by atoms with Crippen LogP contribution in [-0.4, -0.2) is 44.0 Å². The highest BCUT2D eigenvalue weighted by Gasteiger charge is 2.57. The van der Waals surface area contributed by atoms with Gasteiger partial charge < -0.3 is 21.8 Å². The van der Waals surface area contributed by atoms with Crippen molar-refractivity contribution in [2.45, 2.75) is 49.2 Å². The Morgan fingerprint density at radius 1 is 1.04 bits per heavy atom. The number of hydrogen-bond donors (Lipinski definition) is 4. The smallest absolute Gasteiger partial charge is 0.270 e. The van der Waals surface area contributed by atoms with E-state index in [1.54, 1.807) is 59.3 Å². The molecular formula is C35H29Cl2N9O3. The number of halogens is 2. The van der Waals surface area contributed by atoms with Gasteiger partial charge in [0.05, 0.1) is 34.7 Å². The Morgan fingerprint density at radius 3 is 2.37 bits per heavy atom. The number of hydrogen-bond acceptors (Lipinski definition) is 8. The number of fused-ring (bicyclic) bond motifs is 1. The maximum Gasteiger partial charge on any atom is 0.270 e. The summed E-state index contributed by atoms with van der Waals surface area (Å²) in [6.07, 6.45) is 7.93. The first-order valence-electron chi connectivity index (χ1n) is 15.5. The van der Waals surface area contributed by atoms with Crippen molar-refractivity contribution in [3.63, 3.8) is 0 Å². The molecule has 14 heteroatoms. The Labute approximate surface area is 291 Å². The molecule has 246 valence electrons. The largest absolute Gasteiger partial charge is 0.404 e. The molecule has 2 aliphatic carbocycles. The quantitative estimate of drug-likeness (QED) is 0.170. The summed E-state index contributed by atoms with van der Waals surface area (Å²) in [6, 6.07) is 16.4. The van der Waals surface area contributed by atoms with Crippen molar-refractivity contribution < 1.29 is 14.4 Å². The molecule has 0 spiro atoms. The van der Waals surface area contributed by atoms with E-state index in [9.17, 15) is 19.6 Å². The third-order valence-corrected chi connectivity index (χ3v) is 9.64. The van der Waals surface area contributed by atoms with Crippen molar-refractivity contribution in [1.82, 2.24) is 25.2 Å². The monoisotopic (exact) mass is 693 g/mol. The third-order valence-electron chi connectivity index (χ3n) is 9.20. The molecule has 2 aromatic carbocycles. The van der Waals surface area contributed by atoms with Crippen molar-refractivity contribution >= 4 is 64.3 Å². The number of imidazole rings is 1. The number of nitrogens with one attached hydrogen (secondary N) is 3. The Kier molecular flexibility index (Phi) is 7.97. The van der Waals surface area contributed by atoms with Crippen LogP contribution in [0.2, 0.25) is 10.0 Å². The van der Waals surface area contributed by atoms with Gasteiger partial charge in [0.15, 0.2) is 0 Å². The van der Waals surface area contributed by atoms with Crippen LogP contribution in [0.1, 0.15) is 64.6 Å². The highest BCUT2D eigenvalue weighted by Crippen LogP contribution is 2.47. The van der Waals surface area contributed by atoms with Gasteiger partial charge in [-0.2, -0.15) is 5.26 Å². The number of allylic oxidation sites excluding steroid dienone is 1. The maximum absolute atomic E-state index is 14.1. The minimum Gasteiger partial charge on any atom is -0.404 e. The Balaban J connectivity index is 1.16. The van der Waals surface area contributed by atoms with Gasteiger partial charge in [0.1, 0.15) is 17.3 Å². The molecule has 2 aromatic heterocycles. The van der Waals surface area contributed by atoms with Crippen LogP contribution in [0, 0.1) is 16.7 Å². The van der Waals surface area contributed by atoms with Gasteiger partial charge in [0.2, 0.25) is 11.9 Å². The molecule has 1 atom stereocenters. The van der Waals surface area contributed by atoms with Crippen molar-refractivity contribution in [3.8, 4) is 6.07 Å². The molecular weight excluding hydrogens is 665 g/mol. The van der Waals surface area contributed by atoms with Gasteiger partial charge in [0, 0.05) is 40.7 Å². The molecule has 3 amide bonds. The van der Waals surface area contributed by atoms with E-state index in [-0.39, 0.29) is 29.9 Å². The van der Waals surface area contributed by atoms with Gasteiger partial charge in [-0.25, -0.2) is 9.88 Å². The van der Waals surface area contributed by atoms with E-state index in [2.05, 4.69) is 26.7 Å². The lowest BCUT2D eigenvalue weighted by Crippen LogP contribution is -2.52. The molecule has 1 unspecified atom stereocenters. The van der Waals surface area contributed by atoms with Crippen molar-refractivity contribution in [3.05, 3.63) is 111 Å². The predicted molar refractivity (Wildman–Crippen MR) is 183 cm³/mol. The fourth-order valence-corrected chi connectivity index (χ4v) is 6.71. The van der Waals surface area contributed by atoms with Crippen LogP contribution in [0.5, 0.6) is 0 Å².